The van der Waals surface area contributed by atoms with Gasteiger partial charge in [0.1, 0.15) is 0 Å². The maximum absolute atomic E-state index is 11.4. The van der Waals surface area contributed by atoms with Crippen molar-refractivity contribution in [3.63, 3.8) is 0 Å². The second kappa shape index (κ2) is 7.40. The normalized spacial score (nSPS) is 10.2. The molecule has 0 saturated heterocycles. The molecule has 15 heavy (non-hydrogen) atoms. The topological polar surface area (TPSA) is 42.0 Å². The van der Waals surface area contributed by atoms with Gasteiger partial charge in [0, 0.05) is 11.9 Å². The van der Waals surface area contributed by atoms with E-state index >= 15 is 0 Å². The lowest BCUT2D eigenvalue weighted by Crippen LogP contribution is -2.26. The molecule has 0 unspecified atom stereocenters. The van der Waals surface area contributed by atoms with Crippen LogP contribution in [0.4, 0.5) is 0 Å². The third-order valence-electron chi connectivity index (χ3n) is 2.18. The van der Waals surface area contributed by atoms with E-state index in [-0.39, 0.29) is 5.91 Å². The lowest BCUT2D eigenvalue weighted by Gasteiger charge is -2.03. The molecule has 0 bridgehead atoms. The number of hydrogen-bond acceptors (Lipinski definition) is 3. The molecule has 1 heterocycles. The number of carbonyl (C=O) groups is 1. The van der Waals surface area contributed by atoms with Gasteiger partial charge < -0.3 is 5.32 Å². The average molecular weight is 226 g/mol. The molecule has 84 valence electrons. The quantitative estimate of drug-likeness (QED) is 0.725. The first-order valence-electron chi connectivity index (χ1n) is 5.46. The molecule has 1 aromatic heterocycles. The van der Waals surface area contributed by atoms with E-state index in [1.54, 1.807) is 5.51 Å². The van der Waals surface area contributed by atoms with E-state index in [0.717, 1.165) is 18.7 Å². The third kappa shape index (κ3) is 5.52. The number of unbranched alkanes of at least 4 members (excludes halogenated alkanes) is 3. The van der Waals surface area contributed by atoms with E-state index in [4.69, 9.17) is 0 Å². The van der Waals surface area contributed by atoms with E-state index in [0.29, 0.717) is 6.42 Å². The van der Waals surface area contributed by atoms with Gasteiger partial charge in [-0.05, 0) is 6.42 Å². The summed E-state index contributed by atoms with van der Waals surface area (Å²) in [6.07, 6.45) is 5.18. The molecule has 0 radical (unpaired) electrons. The Hall–Kier alpha value is -0.900. The second-order valence-corrected chi connectivity index (χ2v) is 4.29. The first kappa shape index (κ1) is 12.2. The number of nitrogens with one attached hydrogen (secondary N) is 1. The predicted molar refractivity (Wildman–Crippen MR) is 63.0 cm³/mol. The highest BCUT2D eigenvalue weighted by Gasteiger charge is 2.03. The predicted octanol–water partition coefficient (Wildman–Crippen LogP) is 2.38. The minimum Gasteiger partial charge on any atom is -0.356 e. The molecule has 1 amide bonds. The number of aromatic nitrogens is 1. The van der Waals surface area contributed by atoms with Crippen LogP contribution >= 0.6 is 11.3 Å². The monoisotopic (exact) mass is 226 g/mol. The fourth-order valence-electron chi connectivity index (χ4n) is 1.33. The Bertz CT molecular complexity index is 272. The highest BCUT2D eigenvalue weighted by atomic mass is 32.1. The van der Waals surface area contributed by atoms with Gasteiger partial charge in [-0.1, -0.05) is 26.2 Å². The fourth-order valence-corrected chi connectivity index (χ4v) is 1.89. The molecule has 0 fully saturated rings. The molecular formula is C11H18N2OS. The van der Waals surface area contributed by atoms with E-state index in [1.807, 2.05) is 5.38 Å². The van der Waals surface area contributed by atoms with Crippen molar-refractivity contribution in [2.45, 2.75) is 39.0 Å². The van der Waals surface area contributed by atoms with Gasteiger partial charge in [-0.25, -0.2) is 4.98 Å². The fraction of sp³-hybridized carbons (Fsp3) is 0.636. The van der Waals surface area contributed by atoms with E-state index in [2.05, 4.69) is 17.2 Å². The molecule has 1 aromatic rings. The van der Waals surface area contributed by atoms with Crippen molar-refractivity contribution in [2.75, 3.05) is 6.54 Å². The van der Waals surface area contributed by atoms with Crippen molar-refractivity contribution < 1.29 is 4.79 Å². The van der Waals surface area contributed by atoms with E-state index in [1.165, 1.54) is 30.6 Å². The van der Waals surface area contributed by atoms with Crippen LogP contribution in [0.2, 0.25) is 0 Å². The van der Waals surface area contributed by atoms with Crippen molar-refractivity contribution in [3.8, 4) is 0 Å². The lowest BCUT2D eigenvalue weighted by molar-refractivity contribution is -0.120. The summed E-state index contributed by atoms with van der Waals surface area (Å²) in [6, 6.07) is 0. The first-order valence-corrected chi connectivity index (χ1v) is 6.41. The Morgan fingerprint density at radius 3 is 3.00 bits per heavy atom. The molecule has 0 aliphatic rings. The van der Waals surface area contributed by atoms with Gasteiger partial charge in [0.15, 0.2) is 0 Å². The summed E-state index contributed by atoms with van der Waals surface area (Å²) in [5.41, 5.74) is 2.62. The summed E-state index contributed by atoms with van der Waals surface area (Å²) >= 11 is 1.53. The molecule has 0 aliphatic carbocycles. The summed E-state index contributed by atoms with van der Waals surface area (Å²) in [6.45, 7) is 2.98. The Morgan fingerprint density at radius 1 is 1.47 bits per heavy atom. The van der Waals surface area contributed by atoms with Crippen LogP contribution in [0.5, 0.6) is 0 Å². The molecule has 1 N–H and O–H groups in total. The number of amides is 1. The van der Waals surface area contributed by atoms with Gasteiger partial charge in [0.25, 0.3) is 0 Å². The molecule has 1 rings (SSSR count). The van der Waals surface area contributed by atoms with Crippen LogP contribution in [0.3, 0.4) is 0 Å². The van der Waals surface area contributed by atoms with Crippen molar-refractivity contribution in [1.29, 1.82) is 0 Å². The molecule has 0 aromatic carbocycles. The lowest BCUT2D eigenvalue weighted by atomic mass is 10.2. The molecule has 0 saturated carbocycles. The van der Waals surface area contributed by atoms with Gasteiger partial charge in [-0.2, -0.15) is 0 Å². The zero-order valence-electron chi connectivity index (χ0n) is 9.16. The van der Waals surface area contributed by atoms with Gasteiger partial charge in [0.2, 0.25) is 5.91 Å². The molecular weight excluding hydrogens is 208 g/mol. The van der Waals surface area contributed by atoms with E-state index < -0.39 is 0 Å². The minimum atomic E-state index is 0.0809. The summed E-state index contributed by atoms with van der Waals surface area (Å²) in [5, 5.41) is 4.82. The van der Waals surface area contributed by atoms with Crippen LogP contribution < -0.4 is 5.32 Å². The Labute approximate surface area is 94.9 Å². The van der Waals surface area contributed by atoms with Gasteiger partial charge in [-0.3, -0.25) is 4.79 Å². The summed E-state index contributed by atoms with van der Waals surface area (Å²) in [5.74, 6) is 0.0809. The zero-order valence-corrected chi connectivity index (χ0v) is 9.98. The van der Waals surface area contributed by atoms with Crippen LogP contribution in [0.15, 0.2) is 10.9 Å². The largest absolute Gasteiger partial charge is 0.356 e. The maximum atomic E-state index is 11.4. The van der Waals surface area contributed by atoms with Crippen LogP contribution in [0, 0.1) is 0 Å². The number of thiazole rings is 1. The molecule has 0 spiro atoms. The number of rotatable bonds is 7. The summed E-state index contributed by atoms with van der Waals surface area (Å²) in [7, 11) is 0. The summed E-state index contributed by atoms with van der Waals surface area (Å²) in [4.78, 5) is 15.5. The summed E-state index contributed by atoms with van der Waals surface area (Å²) < 4.78 is 0. The second-order valence-electron chi connectivity index (χ2n) is 3.57. The van der Waals surface area contributed by atoms with Gasteiger partial charge in [-0.15, -0.1) is 11.3 Å². The Balaban J connectivity index is 2.04. The van der Waals surface area contributed by atoms with E-state index in [9.17, 15) is 4.79 Å². The van der Waals surface area contributed by atoms with Gasteiger partial charge in [0.05, 0.1) is 17.6 Å². The average Bonchev–Trinajstić information content (AvgIpc) is 2.70. The van der Waals surface area contributed by atoms with Crippen molar-refractivity contribution >= 4 is 17.2 Å². The zero-order chi connectivity index (χ0) is 10.9. The van der Waals surface area contributed by atoms with Crippen molar-refractivity contribution in [2.24, 2.45) is 0 Å². The smallest absolute Gasteiger partial charge is 0.226 e. The number of hydrogen-bond donors (Lipinski definition) is 1. The third-order valence-corrected chi connectivity index (χ3v) is 2.81. The minimum absolute atomic E-state index is 0.0809. The van der Waals surface area contributed by atoms with Crippen LogP contribution in [-0.4, -0.2) is 17.4 Å². The molecule has 0 aliphatic heterocycles. The first-order chi connectivity index (χ1) is 7.33. The highest BCUT2D eigenvalue weighted by Crippen LogP contribution is 2.01. The van der Waals surface area contributed by atoms with Crippen LogP contribution in [-0.2, 0) is 11.2 Å². The van der Waals surface area contributed by atoms with Crippen molar-refractivity contribution in [3.05, 3.63) is 16.6 Å². The Kier molecular flexibility index (Phi) is 6.00. The van der Waals surface area contributed by atoms with Gasteiger partial charge >= 0.3 is 0 Å². The highest BCUT2D eigenvalue weighted by molar-refractivity contribution is 7.07. The van der Waals surface area contributed by atoms with Crippen LogP contribution in [0.1, 0.15) is 38.3 Å². The Morgan fingerprint density at radius 2 is 2.33 bits per heavy atom. The van der Waals surface area contributed by atoms with Crippen LogP contribution in [0.25, 0.3) is 0 Å². The molecule has 3 nitrogen and oxygen atoms in total. The maximum Gasteiger partial charge on any atom is 0.226 e. The van der Waals surface area contributed by atoms with Crippen molar-refractivity contribution in [1.82, 2.24) is 10.3 Å². The SMILES string of the molecule is CCCCCCNC(=O)Cc1cscn1. The number of carbonyl (C=O) groups excluding carboxylic acids is 1. The molecule has 0 atom stereocenters. The standard InChI is InChI=1S/C11H18N2OS/c1-2-3-4-5-6-12-11(14)7-10-8-15-9-13-10/h8-9H,2-7H2,1H3,(H,12,14). The molecule has 4 heteroatoms. The number of nitrogens with zero attached hydrogens (tertiary/aromatic N) is 1.